The molecule has 1 aromatic rings. The number of carbonyl (C=O) groups is 2. The molecule has 158 valence electrons. The molecule has 29 heavy (non-hydrogen) atoms. The Morgan fingerprint density at radius 1 is 1.17 bits per heavy atom. The van der Waals surface area contributed by atoms with E-state index < -0.39 is 0 Å². The average Bonchev–Trinajstić information content (AvgIpc) is 2.75. The van der Waals surface area contributed by atoms with Crippen molar-refractivity contribution in [1.29, 1.82) is 0 Å². The molecule has 3 amide bonds. The van der Waals surface area contributed by atoms with Gasteiger partial charge in [0.2, 0.25) is 5.91 Å². The summed E-state index contributed by atoms with van der Waals surface area (Å²) in [7, 11) is 0. The predicted molar refractivity (Wildman–Crippen MR) is 108 cm³/mol. The minimum Gasteiger partial charge on any atom is -0.394 e. The van der Waals surface area contributed by atoms with Crippen molar-refractivity contribution in [1.82, 2.24) is 20.0 Å². The third-order valence-electron chi connectivity index (χ3n) is 6.05. The summed E-state index contributed by atoms with van der Waals surface area (Å²) in [6.07, 6.45) is 0.734. The molecule has 0 spiro atoms. The van der Waals surface area contributed by atoms with E-state index in [9.17, 15) is 14.7 Å². The van der Waals surface area contributed by atoms with Crippen LogP contribution in [0, 0.1) is 0 Å². The number of piperidine rings is 1. The van der Waals surface area contributed by atoms with Gasteiger partial charge in [-0.1, -0.05) is 23.7 Å². The molecule has 0 bridgehead atoms. The molecular weight excluding hydrogens is 396 g/mol. The number of benzene rings is 1. The van der Waals surface area contributed by atoms with E-state index in [1.165, 1.54) is 0 Å². The molecule has 1 unspecified atom stereocenters. The van der Waals surface area contributed by atoms with Gasteiger partial charge in [-0.2, -0.15) is 0 Å². The number of ether oxygens (including phenoxy) is 1. The number of hydrogen-bond acceptors (Lipinski definition) is 5. The Hall–Kier alpha value is -1.87. The quantitative estimate of drug-likeness (QED) is 0.749. The number of aliphatic hydroxyl groups excluding tert-OH is 1. The summed E-state index contributed by atoms with van der Waals surface area (Å²) in [5.74, 6) is -0.119. The summed E-state index contributed by atoms with van der Waals surface area (Å²) in [6, 6.07) is 7.31. The van der Waals surface area contributed by atoms with Crippen LogP contribution in [-0.2, 0) is 9.53 Å². The van der Waals surface area contributed by atoms with Crippen LogP contribution in [0.4, 0.5) is 4.79 Å². The lowest BCUT2D eigenvalue weighted by Crippen LogP contribution is -2.63. The van der Waals surface area contributed by atoms with Crippen LogP contribution in [0.5, 0.6) is 0 Å². The summed E-state index contributed by atoms with van der Waals surface area (Å²) in [4.78, 5) is 30.4. The normalized spacial score (nSPS) is 26.6. The van der Waals surface area contributed by atoms with E-state index >= 15 is 0 Å². The average molecular weight is 423 g/mol. The van der Waals surface area contributed by atoms with E-state index in [2.05, 4.69) is 10.2 Å². The van der Waals surface area contributed by atoms with Crippen LogP contribution in [0.3, 0.4) is 0 Å². The van der Waals surface area contributed by atoms with Gasteiger partial charge in [0.15, 0.2) is 0 Å². The third kappa shape index (κ3) is 4.50. The highest BCUT2D eigenvalue weighted by atomic mass is 35.5. The second-order valence-corrected chi connectivity index (χ2v) is 8.25. The van der Waals surface area contributed by atoms with Crippen molar-refractivity contribution in [2.45, 2.75) is 24.6 Å². The highest BCUT2D eigenvalue weighted by Crippen LogP contribution is 2.24. The zero-order valence-electron chi connectivity index (χ0n) is 16.3. The topological polar surface area (TPSA) is 85.4 Å². The van der Waals surface area contributed by atoms with Gasteiger partial charge in [-0.15, -0.1) is 0 Å². The molecule has 3 saturated heterocycles. The number of aliphatic hydroxyl groups is 1. The molecule has 3 atom stereocenters. The fraction of sp³-hybridized carbons (Fsp3) is 0.600. The molecule has 3 heterocycles. The number of nitrogens with zero attached hydrogens (tertiary/aromatic N) is 3. The van der Waals surface area contributed by atoms with Gasteiger partial charge < -0.3 is 25.0 Å². The number of nitrogens with one attached hydrogen (secondary N) is 1. The standard InChI is InChI=1S/C20H27ClN4O4/c21-15-3-1-14(2-4-15)17(12-26)23-7-9-24(10-8-23)20(28)25-6-5-18-16(11-25)22-19(27)13-29-18/h1-4,16-18,26H,5-13H2,(H,22,27)/t16-,17?,18+/m1/s1. The number of urea groups is 1. The zero-order valence-corrected chi connectivity index (χ0v) is 17.1. The predicted octanol–water partition coefficient (Wildman–Crippen LogP) is 0.700. The Bertz CT molecular complexity index is 739. The van der Waals surface area contributed by atoms with E-state index in [0.29, 0.717) is 44.3 Å². The highest BCUT2D eigenvalue weighted by molar-refractivity contribution is 6.30. The molecule has 0 radical (unpaired) electrons. The first-order chi connectivity index (χ1) is 14.0. The van der Waals surface area contributed by atoms with Crippen molar-refractivity contribution >= 4 is 23.5 Å². The molecule has 3 aliphatic heterocycles. The van der Waals surface area contributed by atoms with Crippen LogP contribution >= 0.6 is 11.6 Å². The molecule has 9 heteroatoms. The Kier molecular flexibility index (Phi) is 6.24. The van der Waals surface area contributed by atoms with Crippen LogP contribution in [0.2, 0.25) is 5.02 Å². The summed E-state index contributed by atoms with van der Waals surface area (Å²) in [6.45, 7) is 3.85. The van der Waals surface area contributed by atoms with Crippen molar-refractivity contribution in [2.24, 2.45) is 0 Å². The van der Waals surface area contributed by atoms with E-state index in [4.69, 9.17) is 16.3 Å². The van der Waals surface area contributed by atoms with E-state index in [1.807, 2.05) is 34.1 Å². The molecule has 2 N–H and O–H groups in total. The van der Waals surface area contributed by atoms with Crippen LogP contribution in [0.15, 0.2) is 24.3 Å². The van der Waals surface area contributed by atoms with Gasteiger partial charge in [-0.05, 0) is 24.1 Å². The lowest BCUT2D eigenvalue weighted by atomic mass is 10.0. The number of piperazine rings is 1. The summed E-state index contributed by atoms with van der Waals surface area (Å²) >= 11 is 5.97. The van der Waals surface area contributed by atoms with Gasteiger partial charge in [0.25, 0.3) is 0 Å². The first-order valence-electron chi connectivity index (χ1n) is 10.1. The summed E-state index contributed by atoms with van der Waals surface area (Å²) in [5, 5.41) is 13.5. The Morgan fingerprint density at radius 2 is 1.90 bits per heavy atom. The molecule has 4 rings (SSSR count). The Balaban J connectivity index is 1.32. The number of amides is 3. The van der Waals surface area contributed by atoms with Crippen molar-refractivity contribution in [3.63, 3.8) is 0 Å². The van der Waals surface area contributed by atoms with Crippen molar-refractivity contribution in [3.05, 3.63) is 34.9 Å². The Labute approximate surface area is 175 Å². The smallest absolute Gasteiger partial charge is 0.320 e. The molecule has 1 aromatic carbocycles. The zero-order chi connectivity index (χ0) is 20.4. The first kappa shape index (κ1) is 20.4. The van der Waals surface area contributed by atoms with Crippen LogP contribution < -0.4 is 5.32 Å². The second kappa shape index (κ2) is 8.87. The number of carbonyl (C=O) groups excluding carboxylic acids is 2. The molecule has 0 aromatic heterocycles. The fourth-order valence-corrected chi connectivity index (χ4v) is 4.54. The number of rotatable bonds is 3. The molecule has 3 aliphatic rings. The maximum atomic E-state index is 13.0. The Morgan fingerprint density at radius 3 is 2.59 bits per heavy atom. The number of hydrogen-bond donors (Lipinski definition) is 2. The summed E-state index contributed by atoms with van der Waals surface area (Å²) < 4.78 is 5.57. The maximum absolute atomic E-state index is 13.0. The minimum atomic E-state index is -0.126. The van der Waals surface area contributed by atoms with Gasteiger partial charge in [-0.3, -0.25) is 9.69 Å². The third-order valence-corrected chi connectivity index (χ3v) is 6.30. The van der Waals surface area contributed by atoms with E-state index in [1.54, 1.807) is 0 Å². The van der Waals surface area contributed by atoms with Crippen molar-refractivity contribution in [3.8, 4) is 0 Å². The second-order valence-electron chi connectivity index (χ2n) is 7.81. The lowest BCUT2D eigenvalue weighted by molar-refractivity contribution is -0.139. The number of morpholine rings is 1. The van der Waals surface area contributed by atoms with Crippen LogP contribution in [0.1, 0.15) is 18.0 Å². The number of halogens is 1. The lowest BCUT2D eigenvalue weighted by Gasteiger charge is -2.44. The molecule has 8 nitrogen and oxygen atoms in total. The van der Waals surface area contributed by atoms with Crippen LogP contribution in [0.25, 0.3) is 0 Å². The molecular formula is C20H27ClN4O4. The number of fused-ring (bicyclic) bond motifs is 1. The minimum absolute atomic E-state index is 0.00159. The number of likely N-dealkylation sites (tertiary alicyclic amines) is 1. The molecule has 3 fully saturated rings. The molecule has 0 aliphatic carbocycles. The van der Waals surface area contributed by atoms with E-state index in [0.717, 1.165) is 12.0 Å². The molecule has 0 saturated carbocycles. The van der Waals surface area contributed by atoms with Gasteiger partial charge in [-0.25, -0.2) is 4.79 Å². The van der Waals surface area contributed by atoms with Crippen LogP contribution in [-0.4, -0.2) is 96.4 Å². The van der Waals surface area contributed by atoms with Crippen molar-refractivity contribution in [2.75, 3.05) is 52.5 Å². The fourth-order valence-electron chi connectivity index (χ4n) is 4.42. The first-order valence-corrected chi connectivity index (χ1v) is 10.5. The van der Waals surface area contributed by atoms with Gasteiger partial charge >= 0.3 is 6.03 Å². The van der Waals surface area contributed by atoms with Crippen molar-refractivity contribution < 1.29 is 19.4 Å². The van der Waals surface area contributed by atoms with Gasteiger partial charge in [0.05, 0.1) is 24.8 Å². The monoisotopic (exact) mass is 422 g/mol. The SMILES string of the molecule is O=C1CO[C@H]2CCN(C(=O)N3CCN(C(CO)c4ccc(Cl)cc4)CC3)C[C@H]2N1. The van der Waals surface area contributed by atoms with E-state index in [-0.39, 0.29) is 43.3 Å². The van der Waals surface area contributed by atoms with Gasteiger partial charge in [0.1, 0.15) is 6.61 Å². The largest absolute Gasteiger partial charge is 0.394 e. The van der Waals surface area contributed by atoms with Gasteiger partial charge in [0, 0.05) is 44.3 Å². The highest BCUT2D eigenvalue weighted by Gasteiger charge is 2.38. The maximum Gasteiger partial charge on any atom is 0.320 e. The summed E-state index contributed by atoms with van der Waals surface area (Å²) in [5.41, 5.74) is 1.02.